The van der Waals surface area contributed by atoms with Crippen LogP contribution in [0.2, 0.25) is 0 Å². The molecule has 1 fully saturated rings. The maximum atomic E-state index is 13.3. The molecule has 0 unspecified atom stereocenters. The summed E-state index contributed by atoms with van der Waals surface area (Å²) in [6.07, 6.45) is 6.46. The van der Waals surface area contributed by atoms with Crippen molar-refractivity contribution in [3.8, 4) is 6.07 Å². The fraction of sp³-hybridized carbons (Fsp3) is 0.611. The largest absolute Gasteiger partial charge is 0.376 e. The molecule has 2 aromatic heterocycles. The van der Waals surface area contributed by atoms with E-state index in [-0.39, 0.29) is 16.9 Å². The van der Waals surface area contributed by atoms with Crippen molar-refractivity contribution in [1.29, 1.82) is 5.26 Å². The molecule has 2 aromatic rings. The highest BCUT2D eigenvalue weighted by Gasteiger charge is 2.25. The molecule has 4 rings (SSSR count). The third-order valence-corrected chi connectivity index (χ3v) is 7.08. The summed E-state index contributed by atoms with van der Waals surface area (Å²) in [4.78, 5) is 20.3. The normalized spacial score (nSPS) is 21.2. The second-order valence-electron chi connectivity index (χ2n) is 6.73. The average molecular weight is 376 g/mol. The molecule has 1 aliphatic carbocycles. The van der Waals surface area contributed by atoms with Gasteiger partial charge in [-0.2, -0.15) is 5.26 Å². The zero-order valence-corrected chi connectivity index (χ0v) is 15.9. The molecule has 25 heavy (non-hydrogen) atoms. The summed E-state index contributed by atoms with van der Waals surface area (Å²) < 4.78 is 7.51. The summed E-state index contributed by atoms with van der Waals surface area (Å²) in [5, 5.41) is 10.4. The number of thiophene rings is 1. The number of fused-ring (bicyclic) bond motifs is 3. The molecule has 2 atom stereocenters. The number of nitrogens with zero attached hydrogens (tertiary/aromatic N) is 3. The van der Waals surface area contributed by atoms with E-state index >= 15 is 0 Å². The lowest BCUT2D eigenvalue weighted by atomic mass is 9.97. The number of thioether (sulfide) groups is 1. The molecule has 2 aliphatic rings. The zero-order chi connectivity index (χ0) is 17.4. The Morgan fingerprint density at radius 3 is 3.04 bits per heavy atom. The molecule has 1 aliphatic heterocycles. The predicted octanol–water partition coefficient (Wildman–Crippen LogP) is 3.52. The second-order valence-corrected chi connectivity index (χ2v) is 9.12. The minimum absolute atomic E-state index is 0.0486. The van der Waals surface area contributed by atoms with Crippen molar-refractivity contribution in [3.63, 3.8) is 0 Å². The molecule has 132 valence electrons. The van der Waals surface area contributed by atoms with Crippen LogP contribution in [0.5, 0.6) is 0 Å². The molecule has 5 nitrogen and oxygen atoms in total. The van der Waals surface area contributed by atoms with Crippen LogP contribution < -0.4 is 5.56 Å². The topological polar surface area (TPSA) is 67.9 Å². The molecule has 3 heterocycles. The van der Waals surface area contributed by atoms with Gasteiger partial charge in [-0.05, 0) is 51.0 Å². The number of nitriles is 1. The van der Waals surface area contributed by atoms with Crippen molar-refractivity contribution in [2.45, 2.75) is 68.5 Å². The summed E-state index contributed by atoms with van der Waals surface area (Å²) in [5.41, 5.74) is 1.27. The second kappa shape index (κ2) is 7.10. The fourth-order valence-electron chi connectivity index (χ4n) is 3.65. The van der Waals surface area contributed by atoms with Gasteiger partial charge < -0.3 is 4.74 Å². The van der Waals surface area contributed by atoms with Gasteiger partial charge in [-0.15, -0.1) is 11.3 Å². The van der Waals surface area contributed by atoms with Crippen molar-refractivity contribution in [3.05, 3.63) is 20.8 Å². The van der Waals surface area contributed by atoms with Gasteiger partial charge in [-0.3, -0.25) is 9.36 Å². The van der Waals surface area contributed by atoms with Gasteiger partial charge in [0.15, 0.2) is 5.16 Å². The van der Waals surface area contributed by atoms with Crippen LogP contribution in [-0.2, 0) is 24.1 Å². The number of rotatable bonds is 4. The van der Waals surface area contributed by atoms with Crippen LogP contribution in [0.4, 0.5) is 0 Å². The quantitative estimate of drug-likeness (QED) is 0.604. The van der Waals surface area contributed by atoms with E-state index in [0.29, 0.717) is 11.7 Å². The van der Waals surface area contributed by atoms with Gasteiger partial charge in [-0.25, -0.2) is 4.98 Å². The lowest BCUT2D eigenvalue weighted by molar-refractivity contribution is 0.0937. The van der Waals surface area contributed by atoms with E-state index < -0.39 is 0 Å². The first-order chi connectivity index (χ1) is 12.2. The number of hydrogen-bond donors (Lipinski definition) is 0. The molecular weight excluding hydrogens is 354 g/mol. The molecule has 0 amide bonds. The Hall–Kier alpha value is -1.36. The van der Waals surface area contributed by atoms with E-state index in [2.05, 4.69) is 6.07 Å². The molecule has 1 saturated heterocycles. The molecule has 0 aromatic carbocycles. The van der Waals surface area contributed by atoms with Crippen molar-refractivity contribution in [2.24, 2.45) is 0 Å². The van der Waals surface area contributed by atoms with Crippen molar-refractivity contribution in [1.82, 2.24) is 9.55 Å². The van der Waals surface area contributed by atoms with Gasteiger partial charge in [0.2, 0.25) is 0 Å². The summed E-state index contributed by atoms with van der Waals surface area (Å²) in [7, 11) is 0. The number of hydrogen-bond acceptors (Lipinski definition) is 6. The van der Waals surface area contributed by atoms with Crippen LogP contribution in [-0.4, -0.2) is 27.5 Å². The Kier molecular flexibility index (Phi) is 4.85. The Morgan fingerprint density at radius 1 is 1.44 bits per heavy atom. The van der Waals surface area contributed by atoms with Gasteiger partial charge in [-0.1, -0.05) is 11.8 Å². The molecular formula is C18H21N3O2S2. The molecule has 0 saturated carbocycles. The summed E-state index contributed by atoms with van der Waals surface area (Å²) in [6.45, 7) is 3.14. The third kappa shape index (κ3) is 3.23. The van der Waals surface area contributed by atoms with Gasteiger partial charge in [0.1, 0.15) is 4.83 Å². The highest BCUT2D eigenvalue weighted by Crippen LogP contribution is 2.35. The molecule has 0 bridgehead atoms. The predicted molar refractivity (Wildman–Crippen MR) is 100 cm³/mol. The van der Waals surface area contributed by atoms with E-state index in [1.54, 1.807) is 15.9 Å². The molecule has 0 spiro atoms. The Bertz CT molecular complexity index is 890. The lowest BCUT2D eigenvalue weighted by Gasteiger charge is -2.16. The minimum atomic E-state index is -0.241. The van der Waals surface area contributed by atoms with Gasteiger partial charge >= 0.3 is 0 Å². The summed E-state index contributed by atoms with van der Waals surface area (Å²) >= 11 is 3.03. The van der Waals surface area contributed by atoms with E-state index in [9.17, 15) is 10.1 Å². The highest BCUT2D eigenvalue weighted by molar-refractivity contribution is 8.00. The van der Waals surface area contributed by atoms with Crippen molar-refractivity contribution >= 4 is 33.3 Å². The molecule has 0 radical (unpaired) electrons. The minimum Gasteiger partial charge on any atom is -0.376 e. The Balaban J connectivity index is 1.85. The van der Waals surface area contributed by atoms with E-state index in [1.165, 1.54) is 28.6 Å². The van der Waals surface area contributed by atoms with Crippen LogP contribution in [0.15, 0.2) is 9.95 Å². The average Bonchev–Trinajstić information content (AvgIpc) is 3.25. The smallest absolute Gasteiger partial charge is 0.263 e. The lowest BCUT2D eigenvalue weighted by Crippen LogP contribution is -2.29. The summed E-state index contributed by atoms with van der Waals surface area (Å²) in [5.74, 6) is 0. The highest BCUT2D eigenvalue weighted by atomic mass is 32.2. The van der Waals surface area contributed by atoms with Crippen molar-refractivity contribution < 1.29 is 4.74 Å². The fourth-order valence-corrected chi connectivity index (χ4v) is 5.75. The zero-order valence-electron chi connectivity index (χ0n) is 14.3. The van der Waals surface area contributed by atoms with Crippen LogP contribution in [0.25, 0.3) is 10.2 Å². The Labute approximate surface area is 155 Å². The van der Waals surface area contributed by atoms with Gasteiger partial charge in [0.25, 0.3) is 5.56 Å². The van der Waals surface area contributed by atoms with Crippen LogP contribution in [0, 0.1) is 11.3 Å². The van der Waals surface area contributed by atoms with E-state index in [1.807, 2.05) is 6.92 Å². The molecule has 7 heteroatoms. The third-order valence-electron chi connectivity index (χ3n) is 4.91. The first kappa shape index (κ1) is 17.1. The maximum absolute atomic E-state index is 13.3. The maximum Gasteiger partial charge on any atom is 0.263 e. The van der Waals surface area contributed by atoms with Crippen LogP contribution >= 0.6 is 23.1 Å². The summed E-state index contributed by atoms with van der Waals surface area (Å²) in [6, 6.07) is 2.23. The number of aryl methyl sites for hydroxylation is 2. The number of ether oxygens (including phenoxy) is 1. The first-order valence-corrected chi connectivity index (χ1v) is 10.6. The SMILES string of the molecule is C[C@H](C#N)Sc1nc2sc3c(c2c(=O)n1C[C@@H]1CCCO1)CCCC3. The van der Waals surface area contributed by atoms with E-state index in [4.69, 9.17) is 9.72 Å². The van der Waals surface area contributed by atoms with Crippen molar-refractivity contribution in [2.75, 3.05) is 6.61 Å². The van der Waals surface area contributed by atoms with Crippen LogP contribution in [0.3, 0.4) is 0 Å². The van der Waals surface area contributed by atoms with Crippen LogP contribution in [0.1, 0.15) is 43.0 Å². The van der Waals surface area contributed by atoms with Gasteiger partial charge in [0.05, 0.1) is 29.4 Å². The Morgan fingerprint density at radius 2 is 2.28 bits per heavy atom. The standard InChI is InChI=1S/C18H21N3O2S2/c1-11(9-19)24-18-20-16-15(13-6-2-3-7-14(13)25-16)17(22)21(18)10-12-5-4-8-23-12/h11-12H,2-8,10H2,1H3/t11-,12+/m1/s1. The van der Waals surface area contributed by atoms with Gasteiger partial charge in [0, 0.05) is 11.5 Å². The van der Waals surface area contributed by atoms with E-state index in [0.717, 1.165) is 48.9 Å². The molecule has 0 N–H and O–H groups in total. The monoisotopic (exact) mass is 375 g/mol. The first-order valence-electron chi connectivity index (χ1n) is 8.90. The number of aromatic nitrogens is 2.